The lowest BCUT2D eigenvalue weighted by Gasteiger charge is -2.32. The highest BCUT2D eigenvalue weighted by molar-refractivity contribution is 7.89. The summed E-state index contributed by atoms with van der Waals surface area (Å²) in [6.45, 7) is 1.51. The number of amides is 2. The quantitative estimate of drug-likeness (QED) is 0.171. The van der Waals surface area contributed by atoms with Crippen LogP contribution in [0.4, 0.5) is 0 Å². The Morgan fingerprint density at radius 1 is 0.804 bits per heavy atom. The topological polar surface area (TPSA) is 86.8 Å². The first-order chi connectivity index (χ1) is 22.2. The van der Waals surface area contributed by atoms with Crippen LogP contribution in [0.3, 0.4) is 0 Å². The predicted octanol–water partition coefficient (Wildman–Crippen LogP) is 6.67. The molecule has 46 heavy (non-hydrogen) atoms. The van der Waals surface area contributed by atoms with Crippen LogP contribution in [0.25, 0.3) is 0 Å². The van der Waals surface area contributed by atoms with E-state index in [0.717, 1.165) is 29.5 Å². The van der Waals surface area contributed by atoms with Crippen LogP contribution in [-0.4, -0.2) is 48.6 Å². The number of hydrogen-bond donors (Lipinski definition) is 1. The number of rotatable bonds is 13. The van der Waals surface area contributed by atoms with Gasteiger partial charge in [-0.2, -0.15) is 4.31 Å². The number of carbonyl (C=O) groups excluding carboxylic acids is 2. The summed E-state index contributed by atoms with van der Waals surface area (Å²) in [5.74, 6) is -0.478. The van der Waals surface area contributed by atoms with E-state index < -0.39 is 16.1 Å². The van der Waals surface area contributed by atoms with Crippen LogP contribution in [0.2, 0.25) is 10.0 Å². The highest BCUT2D eigenvalue weighted by Gasteiger charge is 2.31. The molecule has 0 radical (unpaired) electrons. The average Bonchev–Trinajstić information content (AvgIpc) is 3.62. The third-order valence-electron chi connectivity index (χ3n) is 8.19. The minimum Gasteiger partial charge on any atom is -0.350 e. The first-order valence-corrected chi connectivity index (χ1v) is 17.6. The molecule has 1 aliphatic rings. The van der Waals surface area contributed by atoms with Crippen LogP contribution >= 0.6 is 23.2 Å². The van der Waals surface area contributed by atoms with Gasteiger partial charge in [-0.3, -0.25) is 9.59 Å². The van der Waals surface area contributed by atoms with E-state index in [2.05, 4.69) is 5.32 Å². The van der Waals surface area contributed by atoms with E-state index in [1.54, 1.807) is 47.4 Å². The minimum absolute atomic E-state index is 0.145. The van der Waals surface area contributed by atoms with Crippen LogP contribution in [0.5, 0.6) is 0 Å². The standard InChI is InChI=1S/C36H37Cl2N3O4S/c37-31-17-16-30(33(38)24-31)25-39-36(43)34(23-28-9-3-1-4-10-28)41(26-29-11-5-2-6-12-29)35(42)20-15-27-13-18-32(19-14-27)46(44,45)40-21-7-8-22-40/h1-6,9-14,16-19,24,34H,7-8,15,20-23,25-26H2,(H,39,43)/t34-/m0/s1. The second-order valence-corrected chi connectivity index (χ2v) is 14.2. The van der Waals surface area contributed by atoms with Crippen LogP contribution in [0.15, 0.2) is 108 Å². The SMILES string of the molecule is O=C(NCc1ccc(Cl)cc1Cl)[C@H](Cc1ccccc1)N(Cc1ccccc1)C(=O)CCc1ccc(S(=O)(=O)N2CCCC2)cc1. The molecule has 0 bridgehead atoms. The fourth-order valence-electron chi connectivity index (χ4n) is 5.60. The molecule has 1 fully saturated rings. The maximum atomic E-state index is 14.0. The number of nitrogens with one attached hydrogen (secondary N) is 1. The molecule has 0 aliphatic carbocycles. The summed E-state index contributed by atoms with van der Waals surface area (Å²) >= 11 is 12.4. The van der Waals surface area contributed by atoms with Crippen molar-refractivity contribution in [3.05, 3.63) is 135 Å². The number of nitrogens with zero attached hydrogens (tertiary/aromatic N) is 2. The lowest BCUT2D eigenvalue weighted by Crippen LogP contribution is -2.50. The Kier molecular flexibility index (Phi) is 11.5. The molecule has 2 amide bonds. The van der Waals surface area contributed by atoms with E-state index in [1.165, 1.54) is 4.31 Å². The van der Waals surface area contributed by atoms with Gasteiger partial charge in [0, 0.05) is 49.1 Å². The molecule has 7 nitrogen and oxygen atoms in total. The number of sulfonamides is 1. The smallest absolute Gasteiger partial charge is 0.243 e. The van der Waals surface area contributed by atoms with Crippen molar-refractivity contribution in [2.45, 2.75) is 56.1 Å². The van der Waals surface area contributed by atoms with E-state index in [0.29, 0.717) is 41.5 Å². The molecule has 4 aromatic rings. The maximum Gasteiger partial charge on any atom is 0.243 e. The predicted molar refractivity (Wildman–Crippen MR) is 182 cm³/mol. The van der Waals surface area contributed by atoms with Gasteiger partial charge in [0.05, 0.1) is 4.90 Å². The second kappa shape index (κ2) is 15.7. The Hall–Kier alpha value is -3.69. The van der Waals surface area contributed by atoms with Gasteiger partial charge in [-0.25, -0.2) is 8.42 Å². The number of benzene rings is 4. The zero-order chi connectivity index (χ0) is 32.5. The molecule has 10 heteroatoms. The highest BCUT2D eigenvalue weighted by atomic mass is 35.5. The largest absolute Gasteiger partial charge is 0.350 e. The average molecular weight is 679 g/mol. The van der Waals surface area contributed by atoms with Crippen LogP contribution in [-0.2, 0) is 45.5 Å². The van der Waals surface area contributed by atoms with Crippen molar-refractivity contribution < 1.29 is 18.0 Å². The Balaban J connectivity index is 1.36. The van der Waals surface area contributed by atoms with E-state index >= 15 is 0 Å². The van der Waals surface area contributed by atoms with Crippen molar-refractivity contribution in [3.63, 3.8) is 0 Å². The van der Waals surface area contributed by atoms with Crippen molar-refractivity contribution in [2.75, 3.05) is 13.1 Å². The van der Waals surface area contributed by atoms with Crippen LogP contribution in [0, 0.1) is 0 Å². The molecule has 1 saturated heterocycles. The molecule has 240 valence electrons. The number of hydrogen-bond acceptors (Lipinski definition) is 4. The monoisotopic (exact) mass is 677 g/mol. The summed E-state index contributed by atoms with van der Waals surface area (Å²) in [7, 11) is -3.52. The van der Waals surface area contributed by atoms with Crippen molar-refractivity contribution in [1.29, 1.82) is 0 Å². The number of carbonyl (C=O) groups is 2. The van der Waals surface area contributed by atoms with Gasteiger partial charge in [0.25, 0.3) is 0 Å². The molecule has 1 N–H and O–H groups in total. The summed E-state index contributed by atoms with van der Waals surface area (Å²) in [6.07, 6.45) is 2.61. The molecule has 1 aliphatic heterocycles. The highest BCUT2D eigenvalue weighted by Crippen LogP contribution is 2.23. The van der Waals surface area contributed by atoms with Gasteiger partial charge in [-0.15, -0.1) is 0 Å². The summed E-state index contributed by atoms with van der Waals surface area (Å²) in [5, 5.41) is 3.95. The Bertz CT molecular complexity index is 1730. The molecule has 0 unspecified atom stereocenters. The fourth-order valence-corrected chi connectivity index (χ4v) is 7.59. The van der Waals surface area contributed by atoms with Gasteiger partial charge < -0.3 is 10.2 Å². The van der Waals surface area contributed by atoms with Gasteiger partial charge >= 0.3 is 0 Å². The molecule has 0 spiro atoms. The summed E-state index contributed by atoms with van der Waals surface area (Å²) in [5.41, 5.74) is 3.38. The Morgan fingerprint density at radius 2 is 1.43 bits per heavy atom. The van der Waals surface area contributed by atoms with E-state index in [1.807, 2.05) is 60.7 Å². The van der Waals surface area contributed by atoms with E-state index in [4.69, 9.17) is 23.2 Å². The Morgan fingerprint density at radius 3 is 2.07 bits per heavy atom. The molecular weight excluding hydrogens is 641 g/mol. The zero-order valence-corrected chi connectivity index (χ0v) is 27.8. The number of halogens is 2. The maximum absolute atomic E-state index is 14.0. The van der Waals surface area contributed by atoms with Gasteiger partial charge in [0.2, 0.25) is 21.8 Å². The lowest BCUT2D eigenvalue weighted by atomic mass is 10.0. The summed E-state index contributed by atoms with van der Waals surface area (Å²) in [4.78, 5) is 29.9. The van der Waals surface area contributed by atoms with Gasteiger partial charge in [-0.1, -0.05) is 102 Å². The van der Waals surface area contributed by atoms with Crippen molar-refractivity contribution in [1.82, 2.24) is 14.5 Å². The van der Waals surface area contributed by atoms with Gasteiger partial charge in [0.1, 0.15) is 6.04 Å². The van der Waals surface area contributed by atoms with Crippen molar-refractivity contribution in [3.8, 4) is 0 Å². The lowest BCUT2D eigenvalue weighted by molar-refractivity contribution is -0.141. The van der Waals surface area contributed by atoms with Crippen molar-refractivity contribution >= 4 is 45.0 Å². The molecule has 1 heterocycles. The minimum atomic E-state index is -3.52. The first-order valence-electron chi connectivity index (χ1n) is 15.4. The molecular formula is C36H37Cl2N3O4S. The van der Waals surface area contributed by atoms with Crippen LogP contribution in [0.1, 0.15) is 41.5 Å². The zero-order valence-electron chi connectivity index (χ0n) is 25.4. The third-order valence-corrected chi connectivity index (χ3v) is 10.7. The third kappa shape index (κ3) is 8.76. The molecule has 4 aromatic carbocycles. The Labute approximate surface area is 281 Å². The number of aryl methyl sites for hydroxylation is 1. The molecule has 0 saturated carbocycles. The normalized spacial score (nSPS) is 14.1. The summed E-state index contributed by atoms with van der Waals surface area (Å²) < 4.78 is 27.4. The molecule has 1 atom stereocenters. The summed E-state index contributed by atoms with van der Waals surface area (Å²) in [6, 6.07) is 30.3. The molecule has 0 aromatic heterocycles. The molecule has 5 rings (SSSR count). The first kappa shape index (κ1) is 33.7. The van der Waals surface area contributed by atoms with Crippen molar-refractivity contribution in [2.24, 2.45) is 0 Å². The van der Waals surface area contributed by atoms with Gasteiger partial charge in [-0.05, 0) is 65.8 Å². The van der Waals surface area contributed by atoms with E-state index in [9.17, 15) is 18.0 Å². The van der Waals surface area contributed by atoms with Crippen LogP contribution < -0.4 is 5.32 Å². The fraction of sp³-hybridized carbons (Fsp3) is 0.278. The van der Waals surface area contributed by atoms with Gasteiger partial charge in [0.15, 0.2) is 0 Å². The van der Waals surface area contributed by atoms with E-state index in [-0.39, 0.29) is 36.2 Å². The second-order valence-electron chi connectivity index (χ2n) is 11.4.